The van der Waals surface area contributed by atoms with Crippen molar-refractivity contribution in [3.05, 3.63) is 0 Å². The zero-order valence-corrected chi connectivity index (χ0v) is 12.7. The van der Waals surface area contributed by atoms with Gasteiger partial charge in [0.2, 0.25) is 5.91 Å². The summed E-state index contributed by atoms with van der Waals surface area (Å²) >= 11 is 0. The minimum Gasteiger partial charge on any atom is -0.481 e. The number of aliphatic carboxylic acids is 1. The molecule has 1 fully saturated rings. The third-order valence-electron chi connectivity index (χ3n) is 3.94. The van der Waals surface area contributed by atoms with Gasteiger partial charge < -0.3 is 15.7 Å². The van der Waals surface area contributed by atoms with E-state index in [2.05, 4.69) is 13.8 Å². The van der Waals surface area contributed by atoms with Crippen molar-refractivity contribution in [3.63, 3.8) is 0 Å². The maximum absolute atomic E-state index is 12.3. The van der Waals surface area contributed by atoms with Crippen LogP contribution in [-0.4, -0.2) is 41.5 Å². The van der Waals surface area contributed by atoms with E-state index in [9.17, 15) is 9.59 Å². The summed E-state index contributed by atoms with van der Waals surface area (Å²) in [6.45, 7) is 6.15. The maximum Gasteiger partial charge on any atom is 0.303 e. The highest BCUT2D eigenvalue weighted by Gasteiger charge is 2.26. The first-order valence-electron chi connectivity index (χ1n) is 7.62. The van der Waals surface area contributed by atoms with E-state index >= 15 is 0 Å². The number of piperidine rings is 1. The molecule has 0 aromatic rings. The van der Waals surface area contributed by atoms with Gasteiger partial charge in [-0.2, -0.15) is 0 Å². The van der Waals surface area contributed by atoms with Crippen LogP contribution in [0.15, 0.2) is 0 Å². The molecular formula is C15H28N2O3. The number of likely N-dealkylation sites (tertiary alicyclic amines) is 1. The average molecular weight is 284 g/mol. The molecular weight excluding hydrogens is 256 g/mol. The van der Waals surface area contributed by atoms with Gasteiger partial charge in [0.05, 0.1) is 0 Å². The van der Waals surface area contributed by atoms with E-state index in [1.54, 1.807) is 0 Å². The fourth-order valence-electron chi connectivity index (χ4n) is 3.01. The van der Waals surface area contributed by atoms with Gasteiger partial charge in [-0.15, -0.1) is 0 Å². The Bertz CT molecular complexity index is 331. The largest absolute Gasteiger partial charge is 0.481 e. The molecule has 1 rings (SSSR count). The molecule has 1 heterocycles. The molecule has 1 amide bonds. The van der Waals surface area contributed by atoms with Gasteiger partial charge in [-0.05, 0) is 43.6 Å². The van der Waals surface area contributed by atoms with Crippen molar-refractivity contribution in [3.8, 4) is 0 Å². The summed E-state index contributed by atoms with van der Waals surface area (Å²) in [5.41, 5.74) is 5.74. The van der Waals surface area contributed by atoms with Crippen LogP contribution < -0.4 is 5.73 Å². The molecule has 0 aromatic carbocycles. The topological polar surface area (TPSA) is 83.6 Å². The standard InChI is InChI=1S/C15H28N2O3/c1-11(2)6-13(9-16)7-14(18)17-5-3-4-12(10-17)8-15(19)20/h11-13H,3-10,16H2,1-2H3,(H,19,20)/t12?,13-/m0/s1. The van der Waals surface area contributed by atoms with E-state index in [-0.39, 0.29) is 24.2 Å². The molecule has 0 bridgehead atoms. The quantitative estimate of drug-likeness (QED) is 0.745. The number of carboxylic acids is 1. The summed E-state index contributed by atoms with van der Waals surface area (Å²) < 4.78 is 0. The molecule has 2 atom stereocenters. The van der Waals surface area contributed by atoms with Gasteiger partial charge in [-0.3, -0.25) is 9.59 Å². The Labute approximate surface area is 121 Å². The van der Waals surface area contributed by atoms with Crippen LogP contribution in [-0.2, 0) is 9.59 Å². The first-order valence-corrected chi connectivity index (χ1v) is 7.62. The van der Waals surface area contributed by atoms with Crippen LogP contribution in [0.3, 0.4) is 0 Å². The molecule has 5 heteroatoms. The van der Waals surface area contributed by atoms with Crippen LogP contribution >= 0.6 is 0 Å². The van der Waals surface area contributed by atoms with Gasteiger partial charge in [0.15, 0.2) is 0 Å². The van der Waals surface area contributed by atoms with Crippen molar-refractivity contribution < 1.29 is 14.7 Å². The third kappa shape index (κ3) is 5.90. The molecule has 0 saturated carbocycles. The molecule has 1 aliphatic heterocycles. The first-order chi connectivity index (χ1) is 9.42. The SMILES string of the molecule is CC(C)C[C@H](CN)CC(=O)N1CCCC(CC(=O)O)C1. The molecule has 0 aliphatic carbocycles. The van der Waals surface area contributed by atoms with Gasteiger partial charge in [-0.1, -0.05) is 13.8 Å². The molecule has 20 heavy (non-hydrogen) atoms. The lowest BCUT2D eigenvalue weighted by atomic mass is 9.91. The Morgan fingerprint density at radius 1 is 1.40 bits per heavy atom. The Balaban J connectivity index is 2.47. The summed E-state index contributed by atoms with van der Waals surface area (Å²) in [4.78, 5) is 24.9. The number of hydrogen-bond donors (Lipinski definition) is 2. The van der Waals surface area contributed by atoms with Crippen molar-refractivity contribution >= 4 is 11.9 Å². The molecule has 0 aromatic heterocycles. The molecule has 116 valence electrons. The number of amides is 1. The van der Waals surface area contributed by atoms with Gasteiger partial charge in [0.25, 0.3) is 0 Å². The molecule has 1 saturated heterocycles. The second-order valence-electron chi connectivity index (χ2n) is 6.38. The van der Waals surface area contributed by atoms with E-state index in [0.717, 1.165) is 25.8 Å². The average Bonchev–Trinajstić information content (AvgIpc) is 2.36. The van der Waals surface area contributed by atoms with E-state index in [1.165, 1.54) is 0 Å². The zero-order valence-electron chi connectivity index (χ0n) is 12.7. The Morgan fingerprint density at radius 2 is 2.10 bits per heavy atom. The molecule has 5 nitrogen and oxygen atoms in total. The summed E-state index contributed by atoms with van der Waals surface area (Å²) in [6, 6.07) is 0. The van der Waals surface area contributed by atoms with E-state index in [4.69, 9.17) is 10.8 Å². The van der Waals surface area contributed by atoms with Crippen LogP contribution in [0.1, 0.15) is 46.0 Å². The van der Waals surface area contributed by atoms with Crippen LogP contribution in [0.5, 0.6) is 0 Å². The zero-order chi connectivity index (χ0) is 15.1. The number of nitrogens with zero attached hydrogens (tertiary/aromatic N) is 1. The van der Waals surface area contributed by atoms with Gasteiger partial charge in [0, 0.05) is 25.9 Å². The van der Waals surface area contributed by atoms with E-state index in [0.29, 0.717) is 25.4 Å². The molecule has 0 radical (unpaired) electrons. The highest BCUT2D eigenvalue weighted by atomic mass is 16.4. The monoisotopic (exact) mass is 284 g/mol. The third-order valence-corrected chi connectivity index (χ3v) is 3.94. The lowest BCUT2D eigenvalue weighted by Gasteiger charge is -2.33. The molecule has 0 spiro atoms. The highest BCUT2D eigenvalue weighted by Crippen LogP contribution is 2.22. The first kappa shape index (κ1) is 17.0. The Kier molecular flexibility index (Phi) is 6.99. The number of carbonyl (C=O) groups is 2. The predicted molar refractivity (Wildman–Crippen MR) is 78.2 cm³/mol. The Morgan fingerprint density at radius 3 is 2.65 bits per heavy atom. The number of carbonyl (C=O) groups excluding carboxylic acids is 1. The molecule has 1 unspecified atom stereocenters. The Hall–Kier alpha value is -1.10. The van der Waals surface area contributed by atoms with Crippen molar-refractivity contribution in [2.75, 3.05) is 19.6 Å². The highest BCUT2D eigenvalue weighted by molar-refractivity contribution is 5.76. The van der Waals surface area contributed by atoms with Crippen LogP contribution in [0.2, 0.25) is 0 Å². The van der Waals surface area contributed by atoms with Gasteiger partial charge in [-0.25, -0.2) is 0 Å². The fourth-order valence-corrected chi connectivity index (χ4v) is 3.01. The van der Waals surface area contributed by atoms with Gasteiger partial charge in [0.1, 0.15) is 0 Å². The predicted octanol–water partition coefficient (Wildman–Crippen LogP) is 1.71. The van der Waals surface area contributed by atoms with Crippen molar-refractivity contribution in [2.45, 2.75) is 46.0 Å². The van der Waals surface area contributed by atoms with Crippen molar-refractivity contribution in [1.82, 2.24) is 4.90 Å². The smallest absolute Gasteiger partial charge is 0.303 e. The lowest BCUT2D eigenvalue weighted by Crippen LogP contribution is -2.41. The number of carboxylic acid groups (broad SMARTS) is 1. The fraction of sp³-hybridized carbons (Fsp3) is 0.867. The normalized spacial score (nSPS) is 21.0. The summed E-state index contributed by atoms with van der Waals surface area (Å²) in [7, 11) is 0. The minimum atomic E-state index is -0.774. The van der Waals surface area contributed by atoms with E-state index in [1.807, 2.05) is 4.90 Å². The van der Waals surface area contributed by atoms with Crippen molar-refractivity contribution in [1.29, 1.82) is 0 Å². The molecule has 1 aliphatic rings. The second kappa shape index (κ2) is 8.25. The lowest BCUT2D eigenvalue weighted by molar-refractivity contribution is -0.141. The minimum absolute atomic E-state index is 0.103. The maximum atomic E-state index is 12.3. The number of hydrogen-bond acceptors (Lipinski definition) is 3. The summed E-state index contributed by atoms with van der Waals surface area (Å²) in [5.74, 6) is 0.242. The van der Waals surface area contributed by atoms with Gasteiger partial charge >= 0.3 is 5.97 Å². The summed E-state index contributed by atoms with van der Waals surface area (Å²) in [5, 5.41) is 8.85. The van der Waals surface area contributed by atoms with Crippen LogP contribution in [0.4, 0.5) is 0 Å². The summed E-state index contributed by atoms with van der Waals surface area (Å²) in [6.07, 6.45) is 3.43. The van der Waals surface area contributed by atoms with Crippen LogP contribution in [0.25, 0.3) is 0 Å². The van der Waals surface area contributed by atoms with E-state index < -0.39 is 5.97 Å². The molecule has 3 N–H and O–H groups in total. The number of nitrogens with two attached hydrogens (primary N) is 1. The van der Waals surface area contributed by atoms with Crippen LogP contribution in [0, 0.1) is 17.8 Å². The second-order valence-corrected chi connectivity index (χ2v) is 6.38. The van der Waals surface area contributed by atoms with Crippen molar-refractivity contribution in [2.24, 2.45) is 23.5 Å². The number of rotatable bonds is 7.